The van der Waals surface area contributed by atoms with E-state index in [0.29, 0.717) is 5.13 Å². The van der Waals surface area contributed by atoms with Gasteiger partial charge in [0.25, 0.3) is 0 Å². The average molecular weight is 211 g/mol. The van der Waals surface area contributed by atoms with Gasteiger partial charge in [0.15, 0.2) is 11.0 Å². The molecule has 0 bridgehead atoms. The van der Waals surface area contributed by atoms with Gasteiger partial charge in [0.2, 0.25) is 0 Å². The minimum atomic E-state index is 0.139. The summed E-state index contributed by atoms with van der Waals surface area (Å²) in [4.78, 5) is 5.47. The summed E-state index contributed by atoms with van der Waals surface area (Å²) in [5.41, 5.74) is 6.75. The van der Waals surface area contributed by atoms with E-state index in [9.17, 15) is 0 Å². The number of aromatic nitrogens is 1. The number of nitrogens with one attached hydrogen (secondary N) is 1. The standard InChI is InChI=1S/C9H13N3OS/c1-5(10)13-6-2-3-7-8(4-6)14-9(11)12-7/h6,10H,2-4H2,1H3,(H2,11,12). The highest BCUT2D eigenvalue weighted by atomic mass is 32.1. The molecule has 5 heteroatoms. The van der Waals surface area contributed by atoms with Crippen LogP contribution in [0, 0.1) is 5.41 Å². The Morgan fingerprint density at radius 3 is 3.21 bits per heavy atom. The maximum atomic E-state index is 7.26. The molecule has 1 aliphatic carbocycles. The highest BCUT2D eigenvalue weighted by Gasteiger charge is 2.23. The van der Waals surface area contributed by atoms with Crippen molar-refractivity contribution >= 4 is 22.4 Å². The number of rotatable bonds is 1. The van der Waals surface area contributed by atoms with Crippen molar-refractivity contribution in [3.8, 4) is 0 Å². The Balaban J connectivity index is 2.09. The maximum Gasteiger partial charge on any atom is 0.180 e. The fourth-order valence-electron chi connectivity index (χ4n) is 1.72. The Kier molecular flexibility index (Phi) is 2.41. The fourth-order valence-corrected chi connectivity index (χ4v) is 2.66. The summed E-state index contributed by atoms with van der Waals surface area (Å²) in [5, 5.41) is 7.90. The predicted octanol–water partition coefficient (Wildman–Crippen LogP) is 1.60. The Bertz CT molecular complexity index is 361. The number of aryl methyl sites for hydroxylation is 1. The summed E-state index contributed by atoms with van der Waals surface area (Å²) in [6.07, 6.45) is 2.84. The van der Waals surface area contributed by atoms with E-state index in [1.807, 2.05) is 0 Å². The molecular weight excluding hydrogens is 198 g/mol. The molecular formula is C9H13N3OS. The summed E-state index contributed by atoms with van der Waals surface area (Å²) in [5.74, 6) is 0.288. The molecule has 1 atom stereocenters. The zero-order chi connectivity index (χ0) is 10.1. The van der Waals surface area contributed by atoms with Crippen molar-refractivity contribution < 1.29 is 4.74 Å². The molecule has 1 aromatic rings. The van der Waals surface area contributed by atoms with E-state index in [-0.39, 0.29) is 12.0 Å². The molecule has 1 aliphatic rings. The lowest BCUT2D eigenvalue weighted by Gasteiger charge is -2.21. The first-order valence-corrected chi connectivity index (χ1v) is 5.42. The summed E-state index contributed by atoms with van der Waals surface area (Å²) in [6, 6.07) is 0. The Morgan fingerprint density at radius 1 is 1.71 bits per heavy atom. The lowest BCUT2D eigenvalue weighted by molar-refractivity contribution is 0.169. The zero-order valence-electron chi connectivity index (χ0n) is 8.04. The van der Waals surface area contributed by atoms with Gasteiger partial charge in [0, 0.05) is 18.2 Å². The van der Waals surface area contributed by atoms with Gasteiger partial charge < -0.3 is 10.5 Å². The first-order chi connectivity index (χ1) is 6.65. The van der Waals surface area contributed by atoms with Gasteiger partial charge in [-0.3, -0.25) is 5.41 Å². The number of hydrogen-bond acceptors (Lipinski definition) is 5. The van der Waals surface area contributed by atoms with E-state index < -0.39 is 0 Å². The SMILES string of the molecule is CC(=N)OC1CCc2nc(N)sc2C1. The van der Waals surface area contributed by atoms with Crippen LogP contribution in [0.3, 0.4) is 0 Å². The highest BCUT2D eigenvalue weighted by molar-refractivity contribution is 7.15. The number of nitrogens with zero attached hydrogens (tertiary/aromatic N) is 1. The quantitative estimate of drug-likeness (QED) is 0.547. The van der Waals surface area contributed by atoms with Crippen LogP contribution in [0.25, 0.3) is 0 Å². The third-order valence-corrected chi connectivity index (χ3v) is 3.20. The third kappa shape index (κ3) is 1.87. The first-order valence-electron chi connectivity index (χ1n) is 4.61. The fraction of sp³-hybridized carbons (Fsp3) is 0.556. The summed E-state index contributed by atoms with van der Waals surface area (Å²) in [7, 11) is 0. The van der Waals surface area contributed by atoms with Crippen LogP contribution < -0.4 is 5.73 Å². The monoisotopic (exact) mass is 211 g/mol. The lowest BCUT2D eigenvalue weighted by Crippen LogP contribution is -2.23. The molecule has 0 amide bonds. The van der Waals surface area contributed by atoms with Crippen LogP contribution in [0.1, 0.15) is 23.9 Å². The second-order valence-electron chi connectivity index (χ2n) is 3.46. The summed E-state index contributed by atoms with van der Waals surface area (Å²) in [6.45, 7) is 1.66. The molecule has 0 aromatic carbocycles. The van der Waals surface area contributed by atoms with Crippen molar-refractivity contribution in [1.29, 1.82) is 5.41 Å². The highest BCUT2D eigenvalue weighted by Crippen LogP contribution is 2.29. The van der Waals surface area contributed by atoms with Crippen molar-refractivity contribution in [2.45, 2.75) is 32.3 Å². The number of nitrogens with two attached hydrogens (primary N) is 1. The third-order valence-electron chi connectivity index (χ3n) is 2.25. The zero-order valence-corrected chi connectivity index (χ0v) is 8.86. The van der Waals surface area contributed by atoms with Crippen LogP contribution in [0.15, 0.2) is 0 Å². The maximum absolute atomic E-state index is 7.26. The van der Waals surface area contributed by atoms with Crippen molar-refractivity contribution in [2.24, 2.45) is 0 Å². The van der Waals surface area contributed by atoms with Crippen molar-refractivity contribution in [1.82, 2.24) is 4.98 Å². The molecule has 1 unspecified atom stereocenters. The largest absolute Gasteiger partial charge is 0.478 e. The second-order valence-corrected chi connectivity index (χ2v) is 4.58. The van der Waals surface area contributed by atoms with Crippen molar-refractivity contribution in [3.05, 3.63) is 10.6 Å². The van der Waals surface area contributed by atoms with Gasteiger partial charge in [-0.25, -0.2) is 4.98 Å². The van der Waals surface area contributed by atoms with Gasteiger partial charge in [-0.2, -0.15) is 0 Å². The second kappa shape index (κ2) is 3.57. The van der Waals surface area contributed by atoms with E-state index in [0.717, 1.165) is 25.0 Å². The number of hydrogen-bond donors (Lipinski definition) is 2. The molecule has 0 radical (unpaired) electrons. The van der Waals surface area contributed by atoms with Crippen LogP contribution in [-0.4, -0.2) is 17.0 Å². The molecule has 0 aliphatic heterocycles. The van der Waals surface area contributed by atoms with E-state index >= 15 is 0 Å². The minimum Gasteiger partial charge on any atom is -0.478 e. The molecule has 2 rings (SSSR count). The Labute approximate surface area is 86.6 Å². The van der Waals surface area contributed by atoms with Crippen LogP contribution in [-0.2, 0) is 17.6 Å². The molecule has 1 aromatic heterocycles. The van der Waals surface area contributed by atoms with Crippen LogP contribution in [0.5, 0.6) is 0 Å². The molecule has 0 saturated heterocycles. The molecule has 0 fully saturated rings. The summed E-state index contributed by atoms with van der Waals surface area (Å²) >= 11 is 1.54. The number of thiazole rings is 1. The number of nitrogen functional groups attached to an aromatic ring is 1. The molecule has 76 valence electrons. The van der Waals surface area contributed by atoms with E-state index in [4.69, 9.17) is 15.9 Å². The molecule has 1 heterocycles. The predicted molar refractivity (Wildman–Crippen MR) is 56.8 cm³/mol. The van der Waals surface area contributed by atoms with Crippen molar-refractivity contribution in [3.63, 3.8) is 0 Å². The van der Waals surface area contributed by atoms with Gasteiger partial charge >= 0.3 is 0 Å². The summed E-state index contributed by atoms with van der Waals surface area (Å²) < 4.78 is 5.38. The molecule has 14 heavy (non-hydrogen) atoms. The lowest BCUT2D eigenvalue weighted by atomic mass is 10.0. The Morgan fingerprint density at radius 2 is 2.50 bits per heavy atom. The minimum absolute atomic E-state index is 0.139. The molecule has 3 N–H and O–H groups in total. The van der Waals surface area contributed by atoms with E-state index in [2.05, 4.69) is 4.98 Å². The van der Waals surface area contributed by atoms with Gasteiger partial charge in [-0.1, -0.05) is 0 Å². The first kappa shape index (κ1) is 9.45. The van der Waals surface area contributed by atoms with Gasteiger partial charge in [0.05, 0.1) is 5.69 Å². The number of fused-ring (bicyclic) bond motifs is 1. The van der Waals surface area contributed by atoms with Crippen LogP contribution in [0.4, 0.5) is 5.13 Å². The van der Waals surface area contributed by atoms with Crippen LogP contribution >= 0.6 is 11.3 Å². The average Bonchev–Trinajstić information content (AvgIpc) is 2.42. The smallest absolute Gasteiger partial charge is 0.180 e. The molecule has 0 spiro atoms. The van der Waals surface area contributed by atoms with E-state index in [1.54, 1.807) is 6.92 Å². The normalized spacial score (nSPS) is 20.2. The van der Waals surface area contributed by atoms with Gasteiger partial charge in [-0.15, -0.1) is 11.3 Å². The number of ether oxygens (including phenoxy) is 1. The van der Waals surface area contributed by atoms with Crippen molar-refractivity contribution in [2.75, 3.05) is 5.73 Å². The topological polar surface area (TPSA) is 72.0 Å². The Hall–Kier alpha value is -1.10. The molecule has 0 saturated carbocycles. The van der Waals surface area contributed by atoms with Gasteiger partial charge in [0.1, 0.15) is 6.10 Å². The van der Waals surface area contributed by atoms with Gasteiger partial charge in [-0.05, 0) is 12.8 Å². The molecule has 4 nitrogen and oxygen atoms in total. The van der Waals surface area contributed by atoms with Crippen LogP contribution in [0.2, 0.25) is 0 Å². The van der Waals surface area contributed by atoms with E-state index in [1.165, 1.54) is 16.2 Å². The number of anilines is 1.